The monoisotopic (exact) mass is 332 g/mol. The van der Waals surface area contributed by atoms with Gasteiger partial charge in [0.25, 0.3) is 5.91 Å². The predicted octanol–water partition coefficient (Wildman–Crippen LogP) is 2.31. The van der Waals surface area contributed by atoms with E-state index in [0.29, 0.717) is 11.7 Å². The standard InChI is InChI=1S/C18H28N4O2/c1-13-17(18(24)21-9-5-4-6-10-21)19-14(2)22(13)16-7-11-20(12-8-16)15(3)23/h16H,4-12H2,1-3H3. The molecule has 0 radical (unpaired) electrons. The molecule has 6 heteroatoms. The van der Waals surface area contributed by atoms with Gasteiger partial charge in [-0.1, -0.05) is 0 Å². The SMILES string of the molecule is CC(=O)N1CCC(n2c(C)nc(C(=O)N3CCCCC3)c2C)CC1. The van der Waals surface area contributed by atoms with E-state index in [4.69, 9.17) is 0 Å². The molecule has 0 saturated carbocycles. The highest BCUT2D eigenvalue weighted by atomic mass is 16.2. The number of amides is 2. The van der Waals surface area contributed by atoms with Gasteiger partial charge in [0.05, 0.1) is 0 Å². The topological polar surface area (TPSA) is 58.4 Å². The normalized spacial score (nSPS) is 19.6. The Morgan fingerprint density at radius 1 is 0.958 bits per heavy atom. The Morgan fingerprint density at radius 3 is 2.17 bits per heavy atom. The second kappa shape index (κ2) is 6.95. The van der Waals surface area contributed by atoms with E-state index in [1.165, 1.54) is 6.42 Å². The number of hydrogen-bond donors (Lipinski definition) is 0. The van der Waals surface area contributed by atoms with E-state index in [1.54, 1.807) is 6.92 Å². The number of piperidine rings is 2. The minimum atomic E-state index is 0.0789. The average Bonchev–Trinajstić information content (AvgIpc) is 2.89. The van der Waals surface area contributed by atoms with E-state index in [2.05, 4.69) is 9.55 Å². The van der Waals surface area contributed by atoms with E-state index < -0.39 is 0 Å². The van der Waals surface area contributed by atoms with Crippen LogP contribution in [0.4, 0.5) is 0 Å². The lowest BCUT2D eigenvalue weighted by Crippen LogP contribution is -2.38. The minimum absolute atomic E-state index is 0.0789. The Kier molecular flexibility index (Phi) is 4.92. The fourth-order valence-corrected chi connectivity index (χ4v) is 4.08. The molecule has 24 heavy (non-hydrogen) atoms. The molecule has 132 valence electrons. The molecular weight excluding hydrogens is 304 g/mol. The fourth-order valence-electron chi connectivity index (χ4n) is 4.08. The van der Waals surface area contributed by atoms with Crippen molar-refractivity contribution in [2.24, 2.45) is 0 Å². The van der Waals surface area contributed by atoms with Crippen LogP contribution in [0.1, 0.15) is 67.1 Å². The smallest absolute Gasteiger partial charge is 0.274 e. The van der Waals surface area contributed by atoms with E-state index in [9.17, 15) is 9.59 Å². The van der Waals surface area contributed by atoms with Crippen LogP contribution in [0.5, 0.6) is 0 Å². The zero-order valence-electron chi connectivity index (χ0n) is 15.0. The summed E-state index contributed by atoms with van der Waals surface area (Å²) < 4.78 is 2.22. The number of nitrogens with zero attached hydrogens (tertiary/aromatic N) is 4. The summed E-state index contributed by atoms with van der Waals surface area (Å²) in [5.41, 5.74) is 1.59. The largest absolute Gasteiger partial charge is 0.343 e. The molecule has 3 heterocycles. The molecule has 0 spiro atoms. The van der Waals surface area contributed by atoms with Crippen LogP contribution in [0.2, 0.25) is 0 Å². The number of likely N-dealkylation sites (tertiary alicyclic amines) is 2. The fraction of sp³-hybridized carbons (Fsp3) is 0.722. The van der Waals surface area contributed by atoms with Gasteiger partial charge in [-0.2, -0.15) is 0 Å². The molecule has 2 aliphatic rings. The van der Waals surface area contributed by atoms with Crippen LogP contribution in [0.15, 0.2) is 0 Å². The van der Waals surface area contributed by atoms with Crippen LogP contribution in [0.3, 0.4) is 0 Å². The molecule has 0 atom stereocenters. The Labute approximate surface area is 143 Å². The summed E-state index contributed by atoms with van der Waals surface area (Å²) in [7, 11) is 0. The second-order valence-electron chi connectivity index (χ2n) is 7.05. The number of aryl methyl sites for hydroxylation is 1. The molecule has 1 aromatic rings. The van der Waals surface area contributed by atoms with Gasteiger partial charge >= 0.3 is 0 Å². The van der Waals surface area contributed by atoms with Crippen LogP contribution in [-0.2, 0) is 4.79 Å². The first-order valence-electron chi connectivity index (χ1n) is 9.09. The first kappa shape index (κ1) is 17.0. The van der Waals surface area contributed by atoms with Gasteiger partial charge < -0.3 is 14.4 Å². The molecule has 0 N–H and O–H groups in total. The van der Waals surface area contributed by atoms with Gasteiger partial charge in [0.1, 0.15) is 11.5 Å². The van der Waals surface area contributed by atoms with Crippen LogP contribution < -0.4 is 0 Å². The Balaban J connectivity index is 1.77. The lowest BCUT2D eigenvalue weighted by molar-refractivity contribution is -0.130. The number of hydrogen-bond acceptors (Lipinski definition) is 3. The van der Waals surface area contributed by atoms with Crippen molar-refractivity contribution in [3.8, 4) is 0 Å². The van der Waals surface area contributed by atoms with E-state index in [0.717, 1.165) is 63.4 Å². The van der Waals surface area contributed by atoms with Crippen LogP contribution in [-0.4, -0.2) is 57.3 Å². The van der Waals surface area contributed by atoms with Gasteiger partial charge in [-0.15, -0.1) is 0 Å². The lowest BCUT2D eigenvalue weighted by Gasteiger charge is -2.33. The summed E-state index contributed by atoms with van der Waals surface area (Å²) in [4.78, 5) is 32.8. The van der Waals surface area contributed by atoms with Gasteiger partial charge in [0, 0.05) is 44.8 Å². The molecule has 6 nitrogen and oxygen atoms in total. The number of carbonyl (C=O) groups excluding carboxylic acids is 2. The summed E-state index contributed by atoms with van der Waals surface area (Å²) in [5.74, 6) is 1.14. The number of aromatic nitrogens is 2. The Morgan fingerprint density at radius 2 is 1.58 bits per heavy atom. The zero-order valence-corrected chi connectivity index (χ0v) is 15.0. The maximum Gasteiger partial charge on any atom is 0.274 e. The quantitative estimate of drug-likeness (QED) is 0.835. The highest BCUT2D eigenvalue weighted by Gasteiger charge is 2.29. The van der Waals surface area contributed by atoms with Gasteiger partial charge in [-0.3, -0.25) is 9.59 Å². The average molecular weight is 332 g/mol. The van der Waals surface area contributed by atoms with E-state index >= 15 is 0 Å². The van der Waals surface area contributed by atoms with Crippen molar-refractivity contribution in [3.05, 3.63) is 17.2 Å². The molecule has 0 aromatic carbocycles. The highest BCUT2D eigenvalue weighted by molar-refractivity contribution is 5.93. The summed E-state index contributed by atoms with van der Waals surface area (Å²) in [5, 5.41) is 0. The molecule has 2 saturated heterocycles. The molecule has 0 unspecified atom stereocenters. The van der Waals surface area contributed by atoms with Crippen molar-refractivity contribution in [2.75, 3.05) is 26.2 Å². The first-order chi connectivity index (χ1) is 11.5. The van der Waals surface area contributed by atoms with Crippen molar-refractivity contribution < 1.29 is 9.59 Å². The number of imidazole rings is 1. The Hall–Kier alpha value is -1.85. The second-order valence-corrected chi connectivity index (χ2v) is 7.05. The summed E-state index contributed by atoms with van der Waals surface area (Å²) >= 11 is 0. The van der Waals surface area contributed by atoms with Crippen molar-refractivity contribution in [3.63, 3.8) is 0 Å². The third kappa shape index (κ3) is 3.19. The molecule has 0 aliphatic carbocycles. The molecule has 2 aliphatic heterocycles. The number of carbonyl (C=O) groups is 2. The maximum absolute atomic E-state index is 12.8. The van der Waals surface area contributed by atoms with Gasteiger partial charge in [-0.05, 0) is 46.0 Å². The van der Waals surface area contributed by atoms with Crippen molar-refractivity contribution in [2.45, 2.75) is 58.9 Å². The molecule has 2 fully saturated rings. The van der Waals surface area contributed by atoms with E-state index in [1.807, 2.05) is 23.6 Å². The van der Waals surface area contributed by atoms with Crippen LogP contribution in [0, 0.1) is 13.8 Å². The molecule has 0 bridgehead atoms. The van der Waals surface area contributed by atoms with Gasteiger partial charge in [0.2, 0.25) is 5.91 Å². The van der Waals surface area contributed by atoms with Crippen molar-refractivity contribution in [1.29, 1.82) is 0 Å². The zero-order chi connectivity index (χ0) is 17.3. The maximum atomic E-state index is 12.8. The lowest BCUT2D eigenvalue weighted by atomic mass is 10.0. The van der Waals surface area contributed by atoms with E-state index in [-0.39, 0.29) is 11.8 Å². The summed E-state index contributed by atoms with van der Waals surface area (Å²) in [6, 6.07) is 0.330. The highest BCUT2D eigenvalue weighted by Crippen LogP contribution is 2.27. The third-order valence-corrected chi connectivity index (χ3v) is 5.45. The molecular formula is C18H28N4O2. The Bertz CT molecular complexity index is 623. The number of rotatable bonds is 2. The first-order valence-corrected chi connectivity index (χ1v) is 9.09. The van der Waals surface area contributed by atoms with Crippen molar-refractivity contribution in [1.82, 2.24) is 19.4 Å². The van der Waals surface area contributed by atoms with Crippen molar-refractivity contribution >= 4 is 11.8 Å². The van der Waals surface area contributed by atoms with Gasteiger partial charge in [-0.25, -0.2) is 4.98 Å². The molecule has 1 aromatic heterocycles. The third-order valence-electron chi connectivity index (χ3n) is 5.45. The summed E-state index contributed by atoms with van der Waals surface area (Å²) in [6.07, 6.45) is 5.25. The molecule has 3 rings (SSSR count). The van der Waals surface area contributed by atoms with Crippen LogP contribution >= 0.6 is 0 Å². The van der Waals surface area contributed by atoms with Crippen LogP contribution in [0.25, 0.3) is 0 Å². The predicted molar refractivity (Wildman–Crippen MR) is 92.0 cm³/mol. The summed E-state index contributed by atoms with van der Waals surface area (Å²) in [6.45, 7) is 8.89. The van der Waals surface area contributed by atoms with Gasteiger partial charge in [0.15, 0.2) is 0 Å². The molecule has 2 amide bonds. The minimum Gasteiger partial charge on any atom is -0.343 e.